The summed E-state index contributed by atoms with van der Waals surface area (Å²) in [7, 11) is 0. The second-order valence-electron chi connectivity index (χ2n) is 7.46. The number of carbonyl (C=O) groups is 1. The number of hydrogen-bond acceptors (Lipinski definition) is 5. The number of carbonyl (C=O) groups excluding carboxylic acids is 1. The van der Waals surface area contributed by atoms with Gasteiger partial charge in [0.1, 0.15) is 5.75 Å². The lowest BCUT2D eigenvalue weighted by atomic mass is 10.00. The summed E-state index contributed by atoms with van der Waals surface area (Å²) in [6.45, 7) is 7.62. The summed E-state index contributed by atoms with van der Waals surface area (Å²) < 4.78 is 5.80. The van der Waals surface area contributed by atoms with Gasteiger partial charge in [-0.1, -0.05) is 18.5 Å². The van der Waals surface area contributed by atoms with Crippen LogP contribution in [0.15, 0.2) is 36.7 Å². The van der Waals surface area contributed by atoms with Gasteiger partial charge in [0, 0.05) is 18.1 Å². The molecule has 6 nitrogen and oxygen atoms in total. The number of hydrogen-bond donors (Lipinski definition) is 1. The standard InChI is InChI=1S/C20H25ClN4O2/c1-14-8-10-25(11-9-14)19-22-12-16(13-23-19)24-18(26)20(2,3)27-17-6-4-15(21)5-7-17/h4-7,12-14H,8-11H2,1-3H3,(H,24,26). The Bertz CT molecular complexity index is 770. The third kappa shape index (κ3) is 5.10. The molecule has 0 radical (unpaired) electrons. The normalized spacial score (nSPS) is 15.5. The van der Waals surface area contributed by atoms with E-state index in [1.807, 2.05) is 0 Å². The Balaban J connectivity index is 1.60. The van der Waals surface area contributed by atoms with E-state index in [0.717, 1.165) is 31.8 Å². The van der Waals surface area contributed by atoms with Gasteiger partial charge in [0.2, 0.25) is 5.95 Å². The van der Waals surface area contributed by atoms with Crippen LogP contribution in [0.5, 0.6) is 5.75 Å². The lowest BCUT2D eigenvalue weighted by Crippen LogP contribution is -2.42. The average Bonchev–Trinajstić information content (AvgIpc) is 2.65. The van der Waals surface area contributed by atoms with Gasteiger partial charge < -0.3 is 15.0 Å². The van der Waals surface area contributed by atoms with Gasteiger partial charge in [0.05, 0.1) is 18.1 Å². The topological polar surface area (TPSA) is 67.4 Å². The number of piperidine rings is 1. The van der Waals surface area contributed by atoms with Crippen molar-refractivity contribution in [1.29, 1.82) is 0 Å². The largest absolute Gasteiger partial charge is 0.478 e. The van der Waals surface area contributed by atoms with E-state index in [-0.39, 0.29) is 5.91 Å². The predicted molar refractivity (Wildman–Crippen MR) is 107 cm³/mol. The first-order valence-electron chi connectivity index (χ1n) is 9.16. The molecule has 2 aromatic rings. The van der Waals surface area contributed by atoms with E-state index < -0.39 is 5.60 Å². The van der Waals surface area contributed by atoms with Crippen LogP contribution in [0.25, 0.3) is 0 Å². The zero-order valence-corrected chi connectivity index (χ0v) is 16.7. The van der Waals surface area contributed by atoms with Crippen molar-refractivity contribution in [3.63, 3.8) is 0 Å². The average molecular weight is 389 g/mol. The van der Waals surface area contributed by atoms with E-state index >= 15 is 0 Å². The number of ether oxygens (including phenoxy) is 1. The fraction of sp³-hybridized carbons (Fsp3) is 0.450. The van der Waals surface area contributed by atoms with Crippen LogP contribution in [0.1, 0.15) is 33.6 Å². The van der Waals surface area contributed by atoms with E-state index in [1.54, 1.807) is 50.5 Å². The molecule has 0 unspecified atom stereocenters. The van der Waals surface area contributed by atoms with Crippen LogP contribution < -0.4 is 15.0 Å². The van der Waals surface area contributed by atoms with Crippen molar-refractivity contribution in [3.05, 3.63) is 41.7 Å². The van der Waals surface area contributed by atoms with Gasteiger partial charge in [0.15, 0.2) is 5.60 Å². The molecule has 1 saturated heterocycles. The van der Waals surface area contributed by atoms with Crippen LogP contribution in [-0.2, 0) is 4.79 Å². The Morgan fingerprint density at radius 3 is 2.37 bits per heavy atom. The van der Waals surface area contributed by atoms with Crippen molar-refractivity contribution >= 4 is 29.1 Å². The smallest absolute Gasteiger partial charge is 0.268 e. The molecule has 0 atom stereocenters. The summed E-state index contributed by atoms with van der Waals surface area (Å²) in [5.41, 5.74) is -0.517. The van der Waals surface area contributed by atoms with Crippen LogP contribution in [0.3, 0.4) is 0 Å². The van der Waals surface area contributed by atoms with Gasteiger partial charge in [-0.15, -0.1) is 0 Å². The zero-order valence-electron chi connectivity index (χ0n) is 15.9. The Morgan fingerprint density at radius 1 is 1.19 bits per heavy atom. The van der Waals surface area contributed by atoms with Crippen molar-refractivity contribution in [1.82, 2.24) is 9.97 Å². The number of rotatable bonds is 5. The molecule has 1 aromatic heterocycles. The molecule has 144 valence electrons. The van der Waals surface area contributed by atoms with Gasteiger partial charge in [0.25, 0.3) is 5.91 Å². The molecule has 1 fully saturated rings. The molecule has 27 heavy (non-hydrogen) atoms. The monoisotopic (exact) mass is 388 g/mol. The minimum Gasteiger partial charge on any atom is -0.478 e. The van der Waals surface area contributed by atoms with E-state index in [0.29, 0.717) is 22.4 Å². The molecule has 3 rings (SSSR count). The molecule has 1 amide bonds. The van der Waals surface area contributed by atoms with Crippen LogP contribution in [0.2, 0.25) is 5.02 Å². The maximum atomic E-state index is 12.6. The third-order valence-electron chi connectivity index (χ3n) is 4.70. The minimum absolute atomic E-state index is 0.277. The quantitative estimate of drug-likeness (QED) is 0.832. The first-order valence-corrected chi connectivity index (χ1v) is 9.54. The highest BCUT2D eigenvalue weighted by molar-refractivity contribution is 6.30. The first kappa shape index (κ1) is 19.4. The van der Waals surface area contributed by atoms with Crippen LogP contribution in [0.4, 0.5) is 11.6 Å². The molecule has 0 aliphatic carbocycles. The van der Waals surface area contributed by atoms with Crippen LogP contribution in [-0.4, -0.2) is 34.6 Å². The van der Waals surface area contributed by atoms with Gasteiger partial charge in [-0.2, -0.15) is 0 Å². The maximum absolute atomic E-state index is 12.6. The molecular weight excluding hydrogens is 364 g/mol. The SMILES string of the molecule is CC1CCN(c2ncc(NC(=O)C(C)(C)Oc3ccc(Cl)cc3)cn2)CC1. The molecule has 0 bridgehead atoms. The summed E-state index contributed by atoms with van der Waals surface area (Å²) in [6.07, 6.45) is 5.57. The Labute approximate surface area is 164 Å². The fourth-order valence-electron chi connectivity index (χ4n) is 2.88. The van der Waals surface area contributed by atoms with E-state index in [4.69, 9.17) is 16.3 Å². The van der Waals surface area contributed by atoms with Crippen molar-refractivity contribution in [2.24, 2.45) is 5.92 Å². The molecule has 1 aromatic carbocycles. The Kier molecular flexibility index (Phi) is 5.85. The second kappa shape index (κ2) is 8.13. The van der Waals surface area contributed by atoms with Gasteiger partial charge in [-0.25, -0.2) is 9.97 Å². The third-order valence-corrected chi connectivity index (χ3v) is 4.95. The Hall–Kier alpha value is -2.34. The summed E-state index contributed by atoms with van der Waals surface area (Å²) in [5, 5.41) is 3.43. The molecule has 1 N–H and O–H groups in total. The van der Waals surface area contributed by atoms with Crippen LogP contribution >= 0.6 is 11.6 Å². The molecule has 1 aliphatic heterocycles. The number of aromatic nitrogens is 2. The highest BCUT2D eigenvalue weighted by Crippen LogP contribution is 2.23. The fourth-order valence-corrected chi connectivity index (χ4v) is 3.01. The van der Waals surface area contributed by atoms with Crippen molar-refractivity contribution < 1.29 is 9.53 Å². The number of nitrogens with zero attached hydrogens (tertiary/aromatic N) is 3. The van der Waals surface area contributed by atoms with Gasteiger partial charge in [-0.05, 0) is 56.9 Å². The van der Waals surface area contributed by atoms with Gasteiger partial charge in [-0.3, -0.25) is 4.79 Å². The summed E-state index contributed by atoms with van der Waals surface area (Å²) in [4.78, 5) is 23.6. The number of anilines is 2. The highest BCUT2D eigenvalue weighted by atomic mass is 35.5. The number of nitrogens with one attached hydrogen (secondary N) is 1. The second-order valence-corrected chi connectivity index (χ2v) is 7.90. The lowest BCUT2D eigenvalue weighted by Gasteiger charge is -2.30. The number of benzene rings is 1. The summed E-state index contributed by atoms with van der Waals surface area (Å²) in [6, 6.07) is 6.90. The van der Waals surface area contributed by atoms with Crippen molar-refractivity contribution in [2.75, 3.05) is 23.3 Å². The van der Waals surface area contributed by atoms with E-state index in [9.17, 15) is 4.79 Å². The maximum Gasteiger partial charge on any atom is 0.268 e. The number of amides is 1. The van der Waals surface area contributed by atoms with Gasteiger partial charge >= 0.3 is 0 Å². The lowest BCUT2D eigenvalue weighted by molar-refractivity contribution is -0.128. The van der Waals surface area contributed by atoms with Crippen LogP contribution in [0, 0.1) is 5.92 Å². The Morgan fingerprint density at radius 2 is 1.78 bits per heavy atom. The molecule has 2 heterocycles. The summed E-state index contributed by atoms with van der Waals surface area (Å²) in [5.74, 6) is 1.75. The summed E-state index contributed by atoms with van der Waals surface area (Å²) >= 11 is 5.88. The zero-order chi connectivity index (χ0) is 19.4. The molecule has 0 spiro atoms. The van der Waals surface area contributed by atoms with E-state index in [2.05, 4.69) is 27.1 Å². The number of halogens is 1. The van der Waals surface area contributed by atoms with E-state index in [1.165, 1.54) is 0 Å². The van der Waals surface area contributed by atoms with Crippen molar-refractivity contribution in [2.45, 2.75) is 39.2 Å². The minimum atomic E-state index is -1.06. The first-order chi connectivity index (χ1) is 12.8. The van der Waals surface area contributed by atoms with Crippen molar-refractivity contribution in [3.8, 4) is 5.75 Å². The molecule has 7 heteroatoms. The predicted octanol–water partition coefficient (Wildman–Crippen LogP) is 4.16. The highest BCUT2D eigenvalue weighted by Gasteiger charge is 2.30. The molecule has 1 aliphatic rings. The molecular formula is C20H25ClN4O2. The molecule has 0 saturated carbocycles.